The van der Waals surface area contributed by atoms with Crippen LogP contribution >= 0.6 is 23.1 Å². The lowest BCUT2D eigenvalue weighted by Gasteiger charge is -2.34. The normalized spacial score (nSPS) is 15.7. The van der Waals surface area contributed by atoms with E-state index in [0.717, 1.165) is 21.3 Å². The molecule has 1 aromatic carbocycles. The third-order valence-electron chi connectivity index (χ3n) is 4.59. The third kappa shape index (κ3) is 4.13. The van der Waals surface area contributed by atoms with Gasteiger partial charge in [-0.3, -0.25) is 4.79 Å². The molecule has 2 aromatic heterocycles. The van der Waals surface area contributed by atoms with Gasteiger partial charge in [0.2, 0.25) is 15.9 Å². The van der Waals surface area contributed by atoms with Gasteiger partial charge in [0.15, 0.2) is 0 Å². The first-order valence-electron chi connectivity index (χ1n) is 8.80. The average molecular weight is 453 g/mol. The van der Waals surface area contributed by atoms with Crippen molar-refractivity contribution in [1.82, 2.24) is 19.2 Å². The van der Waals surface area contributed by atoms with Gasteiger partial charge < -0.3 is 4.90 Å². The number of hydrogen-bond donors (Lipinski definition) is 0. The number of nitrogens with zero attached hydrogens (tertiary/aromatic N) is 4. The Hall–Kier alpha value is -2.08. The number of halogens is 1. The number of rotatable bonds is 5. The van der Waals surface area contributed by atoms with Crippen molar-refractivity contribution < 1.29 is 17.6 Å². The molecule has 1 saturated heterocycles. The van der Waals surface area contributed by atoms with E-state index in [1.54, 1.807) is 4.90 Å². The Kier molecular flexibility index (Phi) is 5.81. The van der Waals surface area contributed by atoms with E-state index < -0.39 is 15.8 Å². The molecule has 0 unspecified atom stereocenters. The molecule has 0 radical (unpaired) electrons. The van der Waals surface area contributed by atoms with Crippen LogP contribution in [0.15, 0.2) is 52.0 Å². The predicted molar refractivity (Wildman–Crippen MR) is 110 cm³/mol. The Morgan fingerprint density at radius 1 is 1.14 bits per heavy atom. The zero-order valence-electron chi connectivity index (χ0n) is 15.2. The Morgan fingerprint density at radius 2 is 1.90 bits per heavy atom. The summed E-state index contributed by atoms with van der Waals surface area (Å²) in [4.78, 5) is 22.3. The molecule has 1 amide bonds. The summed E-state index contributed by atoms with van der Waals surface area (Å²) >= 11 is 2.88. The SMILES string of the molecule is O=C(CSc1ncnc2ccsc12)N1CCN(S(=O)(=O)c2ccccc2F)CC1. The van der Waals surface area contributed by atoms with Crippen molar-refractivity contribution in [2.24, 2.45) is 0 Å². The van der Waals surface area contributed by atoms with Crippen molar-refractivity contribution in [3.63, 3.8) is 0 Å². The van der Waals surface area contributed by atoms with Gasteiger partial charge in [-0.2, -0.15) is 4.31 Å². The maximum atomic E-state index is 13.9. The molecule has 1 aliphatic rings. The largest absolute Gasteiger partial charge is 0.339 e. The molecular weight excluding hydrogens is 435 g/mol. The molecule has 29 heavy (non-hydrogen) atoms. The van der Waals surface area contributed by atoms with Gasteiger partial charge in [0.05, 0.1) is 16.0 Å². The molecule has 3 heterocycles. The lowest BCUT2D eigenvalue weighted by Crippen LogP contribution is -2.51. The smallest absolute Gasteiger partial charge is 0.246 e. The third-order valence-corrected chi connectivity index (χ3v) is 8.53. The van der Waals surface area contributed by atoms with Crippen molar-refractivity contribution in [3.8, 4) is 0 Å². The van der Waals surface area contributed by atoms with Gasteiger partial charge >= 0.3 is 0 Å². The summed E-state index contributed by atoms with van der Waals surface area (Å²) in [5.74, 6) is -0.641. The van der Waals surface area contributed by atoms with Crippen molar-refractivity contribution >= 4 is 49.2 Å². The maximum absolute atomic E-state index is 13.9. The van der Waals surface area contributed by atoms with Crippen molar-refractivity contribution in [2.75, 3.05) is 31.9 Å². The Balaban J connectivity index is 1.36. The second-order valence-corrected chi connectivity index (χ2v) is 10.1. The molecule has 0 N–H and O–H groups in total. The van der Waals surface area contributed by atoms with E-state index in [1.807, 2.05) is 11.4 Å². The quantitative estimate of drug-likeness (QED) is 0.437. The molecule has 0 spiro atoms. The number of piperazine rings is 1. The molecule has 4 rings (SSSR count). The lowest BCUT2D eigenvalue weighted by molar-refractivity contribution is -0.129. The van der Waals surface area contributed by atoms with Crippen LogP contribution in [0.2, 0.25) is 0 Å². The van der Waals surface area contributed by atoms with E-state index >= 15 is 0 Å². The van der Waals surface area contributed by atoms with Crippen LogP contribution in [0.1, 0.15) is 0 Å². The Bertz CT molecular complexity index is 1140. The lowest BCUT2D eigenvalue weighted by atomic mass is 10.3. The van der Waals surface area contributed by atoms with Crippen molar-refractivity contribution in [2.45, 2.75) is 9.92 Å². The fourth-order valence-corrected chi connectivity index (χ4v) is 6.40. The zero-order chi connectivity index (χ0) is 20.4. The summed E-state index contributed by atoms with van der Waals surface area (Å²) in [5.41, 5.74) is 0.854. The van der Waals surface area contributed by atoms with Gasteiger partial charge in [0, 0.05) is 26.2 Å². The standard InChI is InChI=1S/C18H17FN4O3S3/c19-13-3-1-2-4-15(13)29(25,26)23-8-6-22(7-9-23)16(24)11-28-18-17-14(5-10-27-17)20-12-21-18/h1-5,10,12H,6-9,11H2. The average Bonchev–Trinajstić information content (AvgIpc) is 3.22. The molecule has 11 heteroatoms. The number of sulfonamides is 1. The molecule has 152 valence electrons. The van der Waals surface area contributed by atoms with E-state index in [0.29, 0.717) is 0 Å². The maximum Gasteiger partial charge on any atom is 0.246 e. The number of carbonyl (C=O) groups excluding carboxylic acids is 1. The minimum absolute atomic E-state index is 0.0822. The number of amides is 1. The fraction of sp³-hybridized carbons (Fsp3) is 0.278. The number of thiophene rings is 1. The van der Waals surface area contributed by atoms with Crippen LogP contribution in [-0.4, -0.2) is 65.4 Å². The predicted octanol–water partition coefficient (Wildman–Crippen LogP) is 2.46. The van der Waals surface area contributed by atoms with Gasteiger partial charge in [0.25, 0.3) is 0 Å². The first kappa shape index (κ1) is 20.2. The monoisotopic (exact) mass is 452 g/mol. The second kappa shape index (κ2) is 8.34. The molecule has 1 aliphatic heterocycles. The number of aromatic nitrogens is 2. The molecule has 0 bridgehead atoms. The topological polar surface area (TPSA) is 83.5 Å². The number of hydrogen-bond acceptors (Lipinski definition) is 7. The van der Waals surface area contributed by atoms with Crippen molar-refractivity contribution in [1.29, 1.82) is 0 Å². The van der Waals surface area contributed by atoms with E-state index in [4.69, 9.17) is 0 Å². The van der Waals surface area contributed by atoms with Crippen LogP contribution in [0.25, 0.3) is 10.2 Å². The van der Waals surface area contributed by atoms with Crippen LogP contribution in [0.4, 0.5) is 4.39 Å². The first-order chi connectivity index (χ1) is 14.0. The van der Waals surface area contributed by atoms with Gasteiger partial charge in [0.1, 0.15) is 22.1 Å². The van der Waals surface area contributed by atoms with Gasteiger partial charge in [-0.05, 0) is 23.6 Å². The zero-order valence-corrected chi connectivity index (χ0v) is 17.6. The summed E-state index contributed by atoms with van der Waals surface area (Å²) in [6, 6.07) is 7.23. The van der Waals surface area contributed by atoms with Crippen LogP contribution < -0.4 is 0 Å². The summed E-state index contributed by atoms with van der Waals surface area (Å²) in [6.45, 7) is 0.808. The Morgan fingerprint density at radius 3 is 2.66 bits per heavy atom. The summed E-state index contributed by atoms with van der Waals surface area (Å²) in [6.07, 6.45) is 1.48. The van der Waals surface area contributed by atoms with Crippen LogP contribution in [-0.2, 0) is 14.8 Å². The van der Waals surface area contributed by atoms with E-state index in [9.17, 15) is 17.6 Å². The Labute approximate surface area is 175 Å². The minimum atomic E-state index is -3.92. The highest BCUT2D eigenvalue weighted by molar-refractivity contribution is 8.00. The summed E-state index contributed by atoms with van der Waals surface area (Å²) in [7, 11) is -3.92. The molecule has 0 aliphatic carbocycles. The van der Waals surface area contributed by atoms with Crippen LogP contribution in [0.5, 0.6) is 0 Å². The first-order valence-corrected chi connectivity index (χ1v) is 12.1. The highest BCUT2D eigenvalue weighted by Crippen LogP contribution is 2.29. The molecular formula is C18H17FN4O3S3. The van der Waals surface area contributed by atoms with Gasteiger partial charge in [-0.25, -0.2) is 22.8 Å². The molecule has 0 atom stereocenters. The molecule has 3 aromatic rings. The number of fused-ring (bicyclic) bond motifs is 1. The summed E-state index contributed by atoms with van der Waals surface area (Å²) < 4.78 is 41.4. The van der Waals surface area contributed by atoms with Gasteiger partial charge in [-0.1, -0.05) is 23.9 Å². The van der Waals surface area contributed by atoms with E-state index in [2.05, 4.69) is 9.97 Å². The van der Waals surface area contributed by atoms with E-state index in [-0.39, 0.29) is 42.7 Å². The molecule has 0 saturated carbocycles. The molecule has 7 nitrogen and oxygen atoms in total. The number of benzene rings is 1. The second-order valence-electron chi connectivity index (χ2n) is 6.32. The number of carbonyl (C=O) groups is 1. The van der Waals surface area contributed by atoms with Crippen molar-refractivity contribution in [3.05, 3.63) is 47.9 Å². The van der Waals surface area contributed by atoms with Gasteiger partial charge in [-0.15, -0.1) is 11.3 Å². The molecule has 1 fully saturated rings. The summed E-state index contributed by atoms with van der Waals surface area (Å²) in [5, 5.41) is 2.69. The number of thioether (sulfide) groups is 1. The van der Waals surface area contributed by atoms with E-state index in [1.165, 1.54) is 51.9 Å². The van der Waals surface area contributed by atoms with Crippen LogP contribution in [0, 0.1) is 5.82 Å². The highest BCUT2D eigenvalue weighted by Gasteiger charge is 2.31. The fourth-order valence-electron chi connectivity index (χ4n) is 3.06. The highest BCUT2D eigenvalue weighted by atomic mass is 32.2. The minimum Gasteiger partial charge on any atom is -0.339 e. The van der Waals surface area contributed by atoms with Crippen LogP contribution in [0.3, 0.4) is 0 Å².